The number of likely N-dealkylation sites (N-methyl/N-ethyl adjacent to an activating group) is 1. The lowest BCUT2D eigenvalue weighted by molar-refractivity contribution is -0.131. The van der Waals surface area contributed by atoms with Crippen LogP contribution in [0.25, 0.3) is 5.78 Å². The Hall–Kier alpha value is -1.73. The first kappa shape index (κ1) is 17.6. The lowest BCUT2D eigenvalue weighted by atomic mass is 10.1. The third-order valence-corrected chi connectivity index (χ3v) is 4.15. The van der Waals surface area contributed by atoms with Gasteiger partial charge in [-0.15, -0.1) is 17.5 Å². The van der Waals surface area contributed by atoms with E-state index in [4.69, 9.17) is 0 Å². The number of carbonyl (C=O) groups excluding carboxylic acids is 1. The zero-order chi connectivity index (χ0) is 15.7. The lowest BCUT2D eigenvalue weighted by Crippen LogP contribution is -2.47. The topological polar surface area (TPSA) is 75.4 Å². The average Bonchev–Trinajstić information content (AvgIpc) is 2.90. The first-order chi connectivity index (χ1) is 10.6. The highest BCUT2D eigenvalue weighted by atomic mass is 35.5. The van der Waals surface area contributed by atoms with E-state index in [1.165, 1.54) is 0 Å². The number of nitrogens with one attached hydrogen (secondary N) is 1. The van der Waals surface area contributed by atoms with E-state index in [-0.39, 0.29) is 24.7 Å². The molecule has 3 rings (SSSR count). The van der Waals surface area contributed by atoms with E-state index in [0.29, 0.717) is 17.6 Å². The molecule has 1 fully saturated rings. The van der Waals surface area contributed by atoms with E-state index in [1.807, 2.05) is 31.9 Å². The minimum atomic E-state index is 0. The van der Waals surface area contributed by atoms with Crippen molar-refractivity contribution in [3.63, 3.8) is 0 Å². The lowest BCUT2D eigenvalue weighted by Gasteiger charge is -2.32. The van der Waals surface area contributed by atoms with Crippen molar-refractivity contribution in [2.24, 2.45) is 0 Å². The summed E-state index contributed by atoms with van der Waals surface area (Å²) in [6, 6.07) is 2.34. The van der Waals surface area contributed by atoms with Gasteiger partial charge in [-0.1, -0.05) is 0 Å². The Balaban J connectivity index is 0.00000192. The number of nitrogens with zero attached hydrogens (tertiary/aromatic N) is 5. The van der Waals surface area contributed by atoms with Crippen LogP contribution >= 0.6 is 12.4 Å². The molecule has 126 valence electrons. The van der Waals surface area contributed by atoms with Gasteiger partial charge in [0.25, 0.3) is 5.78 Å². The van der Waals surface area contributed by atoms with Gasteiger partial charge >= 0.3 is 0 Å². The quantitative estimate of drug-likeness (QED) is 0.900. The summed E-state index contributed by atoms with van der Waals surface area (Å²) in [5.74, 6) is 1.19. The molecule has 1 saturated heterocycles. The first-order valence-corrected chi connectivity index (χ1v) is 7.72. The summed E-state index contributed by atoms with van der Waals surface area (Å²) in [4.78, 5) is 23.1. The van der Waals surface area contributed by atoms with E-state index in [1.54, 1.807) is 4.52 Å². The Morgan fingerprint density at radius 3 is 2.91 bits per heavy atom. The molecular weight excluding hydrogens is 316 g/mol. The second kappa shape index (κ2) is 7.23. The Bertz CT molecular complexity index is 701. The van der Waals surface area contributed by atoms with Crippen LogP contribution in [0.15, 0.2) is 6.07 Å². The number of rotatable bonds is 3. The van der Waals surface area contributed by atoms with Crippen LogP contribution in [0.1, 0.15) is 30.1 Å². The molecule has 1 atom stereocenters. The number of aromatic nitrogens is 4. The molecular formula is C15H23ClN6O. The molecule has 7 nitrogen and oxygen atoms in total. The molecule has 1 amide bonds. The van der Waals surface area contributed by atoms with Gasteiger partial charge in [0.2, 0.25) is 5.91 Å². The number of amides is 1. The molecule has 0 bridgehead atoms. The molecule has 3 heterocycles. The summed E-state index contributed by atoms with van der Waals surface area (Å²) in [7, 11) is 1.94. The van der Waals surface area contributed by atoms with Crippen molar-refractivity contribution in [3.05, 3.63) is 23.3 Å². The zero-order valence-electron chi connectivity index (χ0n) is 13.7. The Labute approximate surface area is 141 Å². The maximum atomic E-state index is 12.4. The number of carbonyl (C=O) groups is 1. The second-order valence-corrected chi connectivity index (χ2v) is 5.92. The zero-order valence-corrected chi connectivity index (χ0v) is 14.6. The fraction of sp³-hybridized carbons (Fsp3) is 0.600. The van der Waals surface area contributed by atoms with Crippen LogP contribution in [0.3, 0.4) is 0 Å². The number of likely N-dealkylation sites (tertiary alicyclic amines) is 1. The summed E-state index contributed by atoms with van der Waals surface area (Å²) in [6.07, 6.45) is 2.39. The number of hydrogen-bond donors (Lipinski definition) is 1. The molecule has 0 saturated carbocycles. The third-order valence-electron chi connectivity index (χ3n) is 4.15. The van der Waals surface area contributed by atoms with E-state index in [0.717, 1.165) is 37.3 Å². The van der Waals surface area contributed by atoms with Crippen LogP contribution in [-0.4, -0.2) is 56.6 Å². The molecule has 1 unspecified atom stereocenters. The number of piperidine rings is 1. The van der Waals surface area contributed by atoms with Gasteiger partial charge in [-0.3, -0.25) is 4.79 Å². The molecule has 0 radical (unpaired) electrons. The van der Waals surface area contributed by atoms with Gasteiger partial charge in [-0.25, -0.2) is 9.50 Å². The summed E-state index contributed by atoms with van der Waals surface area (Å²) in [5, 5.41) is 7.66. The fourth-order valence-corrected chi connectivity index (χ4v) is 2.97. The van der Waals surface area contributed by atoms with Gasteiger partial charge in [0.15, 0.2) is 5.82 Å². The van der Waals surface area contributed by atoms with Crippen molar-refractivity contribution in [3.8, 4) is 0 Å². The number of fused-ring (bicyclic) bond motifs is 1. The normalized spacial score (nSPS) is 18.0. The van der Waals surface area contributed by atoms with Gasteiger partial charge in [0.1, 0.15) is 0 Å². The maximum Gasteiger partial charge on any atom is 0.252 e. The van der Waals surface area contributed by atoms with Gasteiger partial charge in [0.05, 0.1) is 6.42 Å². The molecule has 0 spiro atoms. The van der Waals surface area contributed by atoms with Gasteiger partial charge in [-0.05, 0) is 39.8 Å². The SMILES string of the molecule is CNC1CCCN(C(=O)Cc2nc3nc(C)cc(C)n3n2)C1.Cl. The smallest absolute Gasteiger partial charge is 0.252 e. The minimum Gasteiger partial charge on any atom is -0.341 e. The van der Waals surface area contributed by atoms with Crippen molar-refractivity contribution in [1.82, 2.24) is 29.8 Å². The van der Waals surface area contributed by atoms with Crippen molar-refractivity contribution in [2.45, 2.75) is 39.2 Å². The standard InChI is InChI=1S/C15H22N6O.ClH/c1-10-7-11(2)21-15(17-10)18-13(19-21)8-14(22)20-6-4-5-12(9-20)16-3;/h7,12,16H,4-6,8-9H2,1-3H3;1H. The third kappa shape index (κ3) is 3.79. The largest absolute Gasteiger partial charge is 0.341 e. The van der Waals surface area contributed by atoms with E-state index in [9.17, 15) is 4.79 Å². The molecule has 1 N–H and O–H groups in total. The average molecular weight is 339 g/mol. The highest BCUT2D eigenvalue weighted by Gasteiger charge is 2.23. The van der Waals surface area contributed by atoms with E-state index >= 15 is 0 Å². The molecule has 8 heteroatoms. The first-order valence-electron chi connectivity index (χ1n) is 7.72. The number of halogens is 1. The van der Waals surface area contributed by atoms with Crippen LogP contribution in [0.4, 0.5) is 0 Å². The van der Waals surface area contributed by atoms with Gasteiger partial charge < -0.3 is 10.2 Å². The van der Waals surface area contributed by atoms with Crippen LogP contribution in [0, 0.1) is 13.8 Å². The predicted octanol–water partition coefficient (Wildman–Crippen LogP) is 0.916. The predicted molar refractivity (Wildman–Crippen MR) is 89.9 cm³/mol. The van der Waals surface area contributed by atoms with Crippen molar-refractivity contribution in [1.29, 1.82) is 0 Å². The van der Waals surface area contributed by atoms with Crippen LogP contribution in [0.2, 0.25) is 0 Å². The van der Waals surface area contributed by atoms with Crippen molar-refractivity contribution in [2.75, 3.05) is 20.1 Å². The van der Waals surface area contributed by atoms with Gasteiger partial charge in [-0.2, -0.15) is 4.98 Å². The number of hydrogen-bond acceptors (Lipinski definition) is 5. The minimum absolute atomic E-state index is 0. The maximum absolute atomic E-state index is 12.4. The van der Waals surface area contributed by atoms with Crippen molar-refractivity contribution < 1.29 is 4.79 Å². The molecule has 23 heavy (non-hydrogen) atoms. The molecule has 0 aliphatic carbocycles. The summed E-state index contributed by atoms with van der Waals surface area (Å²) < 4.78 is 1.70. The van der Waals surface area contributed by atoms with E-state index in [2.05, 4.69) is 20.4 Å². The Morgan fingerprint density at radius 1 is 1.39 bits per heavy atom. The highest BCUT2D eigenvalue weighted by Crippen LogP contribution is 2.12. The second-order valence-electron chi connectivity index (χ2n) is 5.92. The molecule has 2 aromatic heterocycles. The molecule has 1 aliphatic rings. The molecule has 2 aromatic rings. The van der Waals surface area contributed by atoms with Crippen LogP contribution in [-0.2, 0) is 11.2 Å². The fourth-order valence-electron chi connectivity index (χ4n) is 2.97. The summed E-state index contributed by atoms with van der Waals surface area (Å²) in [6.45, 7) is 5.47. The highest BCUT2D eigenvalue weighted by molar-refractivity contribution is 5.85. The number of aryl methyl sites for hydroxylation is 2. The van der Waals surface area contributed by atoms with Crippen LogP contribution in [0.5, 0.6) is 0 Å². The monoisotopic (exact) mass is 338 g/mol. The molecule has 0 aromatic carbocycles. The van der Waals surface area contributed by atoms with E-state index < -0.39 is 0 Å². The summed E-state index contributed by atoms with van der Waals surface area (Å²) in [5.41, 5.74) is 1.88. The Kier molecular flexibility index (Phi) is 5.54. The Morgan fingerprint density at radius 2 is 2.17 bits per heavy atom. The summed E-state index contributed by atoms with van der Waals surface area (Å²) >= 11 is 0. The van der Waals surface area contributed by atoms with Crippen molar-refractivity contribution >= 4 is 24.1 Å². The van der Waals surface area contributed by atoms with Crippen LogP contribution < -0.4 is 5.32 Å². The molecule has 1 aliphatic heterocycles. The van der Waals surface area contributed by atoms with Gasteiger partial charge in [0, 0.05) is 30.5 Å².